The Labute approximate surface area is 97.1 Å². The molecular weight excluding hydrogens is 230 g/mol. The quantitative estimate of drug-likeness (QED) is 0.697. The van der Waals surface area contributed by atoms with E-state index < -0.39 is 0 Å². The van der Waals surface area contributed by atoms with E-state index in [-0.39, 0.29) is 17.8 Å². The summed E-state index contributed by atoms with van der Waals surface area (Å²) in [5, 5.41) is 12.2. The highest BCUT2D eigenvalue weighted by Gasteiger charge is 2.09. The second kappa shape index (κ2) is 4.63. The summed E-state index contributed by atoms with van der Waals surface area (Å²) in [5.74, 6) is 0.750. The minimum absolute atomic E-state index is 0.123. The minimum atomic E-state index is 0.123. The van der Waals surface area contributed by atoms with Gasteiger partial charge in [0.2, 0.25) is 5.28 Å². The fraction of sp³-hybridized carbons (Fsp3) is 0.444. The molecule has 1 atom stereocenters. The summed E-state index contributed by atoms with van der Waals surface area (Å²) in [6.45, 7) is 2.66. The van der Waals surface area contributed by atoms with Crippen molar-refractivity contribution in [1.82, 2.24) is 19.9 Å². The van der Waals surface area contributed by atoms with Gasteiger partial charge in [0.05, 0.1) is 6.33 Å². The highest BCUT2D eigenvalue weighted by Crippen LogP contribution is 2.18. The number of hydrogen-bond donors (Lipinski definition) is 3. The summed E-state index contributed by atoms with van der Waals surface area (Å²) in [5.41, 5.74) is 1.24. The fourth-order valence-electron chi connectivity index (χ4n) is 1.27. The molecule has 0 bridgehead atoms. The predicted octanol–water partition coefficient (Wildman–Crippen LogP) is 1.05. The Morgan fingerprint density at radius 2 is 2.38 bits per heavy atom. The van der Waals surface area contributed by atoms with Crippen LogP contribution >= 0.6 is 11.6 Å². The Hall–Kier alpha value is -1.40. The zero-order valence-electron chi connectivity index (χ0n) is 8.74. The van der Waals surface area contributed by atoms with Gasteiger partial charge in [-0.1, -0.05) is 6.92 Å². The maximum Gasteiger partial charge on any atom is 0.226 e. The number of H-pyrrole nitrogens is 1. The summed E-state index contributed by atoms with van der Waals surface area (Å²) >= 11 is 5.76. The van der Waals surface area contributed by atoms with E-state index in [1.807, 2.05) is 6.92 Å². The molecule has 0 aliphatic heterocycles. The first kappa shape index (κ1) is 11.1. The smallest absolute Gasteiger partial charge is 0.226 e. The van der Waals surface area contributed by atoms with Gasteiger partial charge in [-0.15, -0.1) is 0 Å². The van der Waals surface area contributed by atoms with Crippen LogP contribution in [-0.4, -0.2) is 38.2 Å². The molecule has 3 N–H and O–H groups in total. The van der Waals surface area contributed by atoms with Crippen molar-refractivity contribution in [2.75, 3.05) is 18.5 Å². The van der Waals surface area contributed by atoms with Gasteiger partial charge >= 0.3 is 0 Å². The van der Waals surface area contributed by atoms with Crippen LogP contribution in [0.1, 0.15) is 6.92 Å². The van der Waals surface area contributed by atoms with Gasteiger partial charge in [0, 0.05) is 13.2 Å². The molecule has 2 heterocycles. The molecule has 0 amide bonds. The van der Waals surface area contributed by atoms with Gasteiger partial charge in [-0.05, 0) is 17.5 Å². The Kier molecular flexibility index (Phi) is 3.21. The van der Waals surface area contributed by atoms with Crippen molar-refractivity contribution < 1.29 is 5.11 Å². The minimum Gasteiger partial charge on any atom is -0.396 e. The van der Waals surface area contributed by atoms with Crippen molar-refractivity contribution in [2.24, 2.45) is 5.92 Å². The van der Waals surface area contributed by atoms with Crippen molar-refractivity contribution in [2.45, 2.75) is 6.92 Å². The number of fused-ring (bicyclic) bond motifs is 1. The number of nitrogens with zero attached hydrogens (tertiary/aromatic N) is 3. The number of rotatable bonds is 4. The molecule has 86 valence electrons. The first-order valence-electron chi connectivity index (χ1n) is 4.92. The van der Waals surface area contributed by atoms with E-state index in [0.717, 1.165) is 5.52 Å². The molecule has 16 heavy (non-hydrogen) atoms. The molecule has 2 rings (SSSR count). The Bertz CT molecular complexity index is 486. The Morgan fingerprint density at radius 3 is 3.12 bits per heavy atom. The van der Waals surface area contributed by atoms with E-state index in [0.29, 0.717) is 18.0 Å². The van der Waals surface area contributed by atoms with Crippen LogP contribution in [0.3, 0.4) is 0 Å². The molecule has 0 saturated carbocycles. The average Bonchev–Trinajstić information content (AvgIpc) is 2.73. The van der Waals surface area contributed by atoms with Crippen molar-refractivity contribution in [1.29, 1.82) is 0 Å². The third-order valence-electron chi connectivity index (χ3n) is 2.19. The first-order valence-corrected chi connectivity index (χ1v) is 5.30. The van der Waals surface area contributed by atoms with Crippen molar-refractivity contribution in [3.63, 3.8) is 0 Å². The number of imidazole rings is 1. The number of aromatic amines is 1. The molecule has 0 aliphatic carbocycles. The molecule has 0 radical (unpaired) electrons. The topological polar surface area (TPSA) is 86.7 Å². The number of hydrogen-bond acceptors (Lipinski definition) is 5. The number of nitrogens with one attached hydrogen (secondary N) is 2. The van der Waals surface area contributed by atoms with Crippen LogP contribution in [0.5, 0.6) is 0 Å². The van der Waals surface area contributed by atoms with Gasteiger partial charge in [0.15, 0.2) is 11.5 Å². The molecule has 0 spiro atoms. The van der Waals surface area contributed by atoms with Crippen LogP contribution in [0, 0.1) is 5.92 Å². The van der Waals surface area contributed by atoms with Crippen LogP contribution in [-0.2, 0) is 0 Å². The van der Waals surface area contributed by atoms with Crippen LogP contribution in [0.15, 0.2) is 6.33 Å². The molecule has 7 heteroatoms. The summed E-state index contributed by atoms with van der Waals surface area (Å²) in [6.07, 6.45) is 1.54. The number of anilines is 1. The lowest BCUT2D eigenvalue weighted by Crippen LogP contribution is -2.15. The number of aliphatic hydroxyl groups excluding tert-OH is 1. The van der Waals surface area contributed by atoms with Crippen molar-refractivity contribution in [3.8, 4) is 0 Å². The predicted molar refractivity (Wildman–Crippen MR) is 61.4 cm³/mol. The SMILES string of the molecule is CC(CO)CNc1nc(Cl)nc2nc[nH]c12. The average molecular weight is 242 g/mol. The van der Waals surface area contributed by atoms with Gasteiger partial charge in [-0.2, -0.15) is 9.97 Å². The van der Waals surface area contributed by atoms with E-state index in [9.17, 15) is 0 Å². The molecule has 0 saturated heterocycles. The van der Waals surface area contributed by atoms with Gasteiger partial charge in [0.25, 0.3) is 0 Å². The van der Waals surface area contributed by atoms with Crippen LogP contribution < -0.4 is 5.32 Å². The summed E-state index contributed by atoms with van der Waals surface area (Å²) in [4.78, 5) is 15.0. The molecule has 2 aromatic rings. The monoisotopic (exact) mass is 241 g/mol. The van der Waals surface area contributed by atoms with Crippen LogP contribution in [0.2, 0.25) is 5.28 Å². The highest BCUT2D eigenvalue weighted by atomic mass is 35.5. The third kappa shape index (κ3) is 2.23. The molecule has 1 unspecified atom stereocenters. The molecular formula is C9H12ClN5O. The maximum atomic E-state index is 8.92. The second-order valence-corrected chi connectivity index (χ2v) is 3.95. The van der Waals surface area contributed by atoms with Crippen molar-refractivity contribution >= 4 is 28.6 Å². The number of aromatic nitrogens is 4. The Balaban J connectivity index is 2.25. The van der Waals surface area contributed by atoms with E-state index in [4.69, 9.17) is 16.7 Å². The van der Waals surface area contributed by atoms with Crippen molar-refractivity contribution in [3.05, 3.63) is 11.6 Å². The summed E-state index contributed by atoms with van der Waals surface area (Å²) < 4.78 is 0. The fourth-order valence-corrected chi connectivity index (χ4v) is 1.43. The van der Waals surface area contributed by atoms with Gasteiger partial charge in [0.1, 0.15) is 5.52 Å². The highest BCUT2D eigenvalue weighted by molar-refractivity contribution is 6.28. The zero-order valence-corrected chi connectivity index (χ0v) is 9.49. The van der Waals surface area contributed by atoms with E-state index in [1.54, 1.807) is 0 Å². The van der Waals surface area contributed by atoms with Crippen LogP contribution in [0.25, 0.3) is 11.2 Å². The van der Waals surface area contributed by atoms with Crippen LogP contribution in [0.4, 0.5) is 5.82 Å². The molecule has 0 aromatic carbocycles. The second-order valence-electron chi connectivity index (χ2n) is 3.61. The van der Waals surface area contributed by atoms with E-state index in [1.165, 1.54) is 6.33 Å². The van der Waals surface area contributed by atoms with E-state index >= 15 is 0 Å². The number of halogens is 1. The van der Waals surface area contributed by atoms with Gasteiger partial charge in [-0.25, -0.2) is 4.98 Å². The number of aliphatic hydroxyl groups is 1. The largest absolute Gasteiger partial charge is 0.396 e. The lowest BCUT2D eigenvalue weighted by molar-refractivity contribution is 0.244. The molecule has 2 aromatic heterocycles. The standard InChI is InChI=1S/C9H12ClN5O/c1-5(3-16)2-11-7-6-8(13-4-12-6)15-9(10)14-7/h4-5,16H,2-3H2,1H3,(H2,11,12,13,14,15). The first-order chi connectivity index (χ1) is 7.70. The third-order valence-corrected chi connectivity index (χ3v) is 2.36. The lowest BCUT2D eigenvalue weighted by Gasteiger charge is -2.10. The van der Waals surface area contributed by atoms with E-state index in [2.05, 4.69) is 25.3 Å². The zero-order chi connectivity index (χ0) is 11.5. The van der Waals surface area contributed by atoms with Gasteiger partial charge in [-0.3, -0.25) is 0 Å². The lowest BCUT2D eigenvalue weighted by atomic mass is 10.2. The Morgan fingerprint density at radius 1 is 1.56 bits per heavy atom. The molecule has 0 aliphatic rings. The normalized spacial score (nSPS) is 12.9. The summed E-state index contributed by atoms with van der Waals surface area (Å²) in [6, 6.07) is 0. The summed E-state index contributed by atoms with van der Waals surface area (Å²) in [7, 11) is 0. The van der Waals surface area contributed by atoms with Gasteiger partial charge < -0.3 is 15.4 Å². The molecule has 6 nitrogen and oxygen atoms in total. The maximum absolute atomic E-state index is 8.92. The molecule has 0 fully saturated rings.